The van der Waals surface area contributed by atoms with Gasteiger partial charge in [-0.1, -0.05) is 0 Å². The van der Waals surface area contributed by atoms with Crippen LogP contribution in [0.2, 0.25) is 0 Å². The van der Waals surface area contributed by atoms with Crippen LogP contribution in [0.4, 0.5) is 4.79 Å². The summed E-state index contributed by atoms with van der Waals surface area (Å²) in [4.78, 5) is 27.3. The normalized spacial score (nSPS) is 10.9. The van der Waals surface area contributed by atoms with Crippen molar-refractivity contribution in [3.8, 4) is 5.88 Å². The number of amides is 1. The SMILES string of the molecule is COc1ccc(C(=O)CCCNC(=O)OC(C)(C)C)cn1. The highest BCUT2D eigenvalue weighted by Crippen LogP contribution is 2.10. The fourth-order valence-corrected chi connectivity index (χ4v) is 1.56. The Bertz CT molecular complexity index is 477. The third kappa shape index (κ3) is 6.74. The van der Waals surface area contributed by atoms with E-state index in [0.29, 0.717) is 30.8 Å². The van der Waals surface area contributed by atoms with Crippen molar-refractivity contribution in [1.29, 1.82) is 0 Å². The van der Waals surface area contributed by atoms with Gasteiger partial charge in [0.2, 0.25) is 5.88 Å². The Morgan fingerprint density at radius 3 is 2.52 bits per heavy atom. The largest absolute Gasteiger partial charge is 0.481 e. The van der Waals surface area contributed by atoms with E-state index < -0.39 is 11.7 Å². The summed E-state index contributed by atoms with van der Waals surface area (Å²) in [5.74, 6) is 0.453. The van der Waals surface area contributed by atoms with Crippen molar-refractivity contribution in [3.05, 3.63) is 23.9 Å². The Hall–Kier alpha value is -2.11. The first kappa shape index (κ1) is 16.9. The quantitative estimate of drug-likeness (QED) is 0.644. The van der Waals surface area contributed by atoms with Crippen LogP contribution in [0.25, 0.3) is 0 Å². The van der Waals surface area contributed by atoms with Crippen LogP contribution in [0.15, 0.2) is 18.3 Å². The molecule has 0 unspecified atom stereocenters. The number of pyridine rings is 1. The molecule has 6 heteroatoms. The molecule has 0 saturated heterocycles. The first-order valence-electron chi connectivity index (χ1n) is 6.82. The van der Waals surface area contributed by atoms with Crippen LogP contribution in [-0.4, -0.2) is 36.1 Å². The van der Waals surface area contributed by atoms with Gasteiger partial charge in [-0.15, -0.1) is 0 Å². The number of carbonyl (C=O) groups is 2. The zero-order chi connectivity index (χ0) is 15.9. The monoisotopic (exact) mass is 294 g/mol. The van der Waals surface area contributed by atoms with Gasteiger partial charge in [0.15, 0.2) is 5.78 Å². The highest BCUT2D eigenvalue weighted by Gasteiger charge is 2.15. The molecule has 1 heterocycles. The first-order valence-corrected chi connectivity index (χ1v) is 6.82. The average Bonchev–Trinajstić information content (AvgIpc) is 2.41. The zero-order valence-electron chi connectivity index (χ0n) is 12.9. The Balaban J connectivity index is 2.28. The van der Waals surface area contributed by atoms with Crippen LogP contribution in [-0.2, 0) is 4.74 Å². The molecule has 0 aliphatic carbocycles. The summed E-state index contributed by atoms with van der Waals surface area (Å²) in [5, 5.41) is 2.62. The minimum Gasteiger partial charge on any atom is -0.481 e. The van der Waals surface area contributed by atoms with Crippen LogP contribution >= 0.6 is 0 Å². The Morgan fingerprint density at radius 2 is 2.00 bits per heavy atom. The molecule has 0 fully saturated rings. The lowest BCUT2D eigenvalue weighted by atomic mass is 10.1. The molecule has 1 amide bonds. The second-order valence-corrected chi connectivity index (χ2v) is 5.54. The molecular weight excluding hydrogens is 272 g/mol. The van der Waals surface area contributed by atoms with Gasteiger partial charge in [-0.05, 0) is 33.3 Å². The summed E-state index contributed by atoms with van der Waals surface area (Å²) in [6.07, 6.45) is 1.90. The number of aromatic nitrogens is 1. The maximum Gasteiger partial charge on any atom is 0.407 e. The predicted octanol–water partition coefficient (Wildman–Crippen LogP) is 2.58. The molecule has 1 aromatic heterocycles. The average molecular weight is 294 g/mol. The van der Waals surface area contributed by atoms with Crippen molar-refractivity contribution in [2.24, 2.45) is 0 Å². The molecule has 21 heavy (non-hydrogen) atoms. The van der Waals surface area contributed by atoms with Crippen molar-refractivity contribution in [3.63, 3.8) is 0 Å². The molecule has 1 aromatic rings. The summed E-state index contributed by atoms with van der Waals surface area (Å²) in [7, 11) is 1.52. The van der Waals surface area contributed by atoms with Crippen molar-refractivity contribution in [2.45, 2.75) is 39.2 Å². The number of nitrogens with zero attached hydrogens (tertiary/aromatic N) is 1. The van der Waals surface area contributed by atoms with Crippen LogP contribution in [0, 0.1) is 0 Å². The molecule has 0 aliphatic heterocycles. The maximum absolute atomic E-state index is 11.9. The summed E-state index contributed by atoms with van der Waals surface area (Å²) in [6, 6.07) is 3.32. The number of rotatable bonds is 6. The number of hydrogen-bond donors (Lipinski definition) is 1. The van der Waals surface area contributed by atoms with E-state index >= 15 is 0 Å². The Kier molecular flexibility index (Phi) is 6.14. The number of methoxy groups -OCH3 is 1. The second-order valence-electron chi connectivity index (χ2n) is 5.54. The van der Waals surface area contributed by atoms with Gasteiger partial charge in [-0.3, -0.25) is 4.79 Å². The lowest BCUT2D eigenvalue weighted by Crippen LogP contribution is -2.33. The van der Waals surface area contributed by atoms with Crippen LogP contribution in [0.5, 0.6) is 5.88 Å². The van der Waals surface area contributed by atoms with Gasteiger partial charge in [0.1, 0.15) is 5.60 Å². The summed E-state index contributed by atoms with van der Waals surface area (Å²) in [6.45, 7) is 5.79. The van der Waals surface area contributed by atoms with E-state index in [0.717, 1.165) is 0 Å². The van der Waals surface area contributed by atoms with E-state index in [1.54, 1.807) is 32.9 Å². The summed E-state index contributed by atoms with van der Waals surface area (Å²) in [5.41, 5.74) is 0.0161. The van der Waals surface area contributed by atoms with E-state index in [1.807, 2.05) is 0 Å². The lowest BCUT2D eigenvalue weighted by molar-refractivity contribution is 0.0525. The summed E-state index contributed by atoms with van der Waals surface area (Å²) < 4.78 is 10.0. The number of carbonyl (C=O) groups excluding carboxylic acids is 2. The molecule has 0 spiro atoms. The number of ether oxygens (including phenoxy) is 2. The molecule has 0 radical (unpaired) electrons. The van der Waals surface area contributed by atoms with Crippen molar-refractivity contribution < 1.29 is 19.1 Å². The van der Waals surface area contributed by atoms with E-state index in [4.69, 9.17) is 9.47 Å². The van der Waals surface area contributed by atoms with E-state index in [-0.39, 0.29) is 5.78 Å². The molecule has 0 aliphatic rings. The molecular formula is C15H22N2O4. The zero-order valence-corrected chi connectivity index (χ0v) is 12.9. The summed E-state index contributed by atoms with van der Waals surface area (Å²) >= 11 is 0. The second kappa shape index (κ2) is 7.61. The molecule has 116 valence electrons. The number of hydrogen-bond acceptors (Lipinski definition) is 5. The van der Waals surface area contributed by atoms with Gasteiger partial charge in [-0.2, -0.15) is 0 Å². The van der Waals surface area contributed by atoms with Crippen molar-refractivity contribution in [2.75, 3.05) is 13.7 Å². The highest BCUT2D eigenvalue weighted by atomic mass is 16.6. The lowest BCUT2D eigenvalue weighted by Gasteiger charge is -2.19. The van der Waals surface area contributed by atoms with Gasteiger partial charge in [0, 0.05) is 30.8 Å². The Morgan fingerprint density at radius 1 is 1.29 bits per heavy atom. The minimum atomic E-state index is -0.519. The van der Waals surface area contributed by atoms with Gasteiger partial charge < -0.3 is 14.8 Å². The molecule has 0 atom stereocenters. The molecule has 0 bridgehead atoms. The van der Waals surface area contributed by atoms with Crippen LogP contribution in [0.3, 0.4) is 0 Å². The van der Waals surface area contributed by atoms with E-state index in [2.05, 4.69) is 10.3 Å². The molecule has 0 aromatic carbocycles. The minimum absolute atomic E-state index is 0.0175. The molecule has 1 rings (SSSR count). The maximum atomic E-state index is 11.9. The highest BCUT2D eigenvalue weighted by molar-refractivity contribution is 5.95. The third-order valence-corrected chi connectivity index (χ3v) is 2.52. The smallest absolute Gasteiger partial charge is 0.407 e. The fraction of sp³-hybridized carbons (Fsp3) is 0.533. The van der Waals surface area contributed by atoms with Gasteiger partial charge in [0.05, 0.1) is 7.11 Å². The molecule has 6 nitrogen and oxygen atoms in total. The fourth-order valence-electron chi connectivity index (χ4n) is 1.56. The van der Waals surface area contributed by atoms with Gasteiger partial charge in [-0.25, -0.2) is 9.78 Å². The van der Waals surface area contributed by atoms with Crippen molar-refractivity contribution in [1.82, 2.24) is 10.3 Å². The topological polar surface area (TPSA) is 77.5 Å². The van der Waals surface area contributed by atoms with Crippen LogP contribution < -0.4 is 10.1 Å². The van der Waals surface area contributed by atoms with Crippen LogP contribution in [0.1, 0.15) is 44.0 Å². The number of ketones is 1. The predicted molar refractivity (Wildman–Crippen MR) is 78.6 cm³/mol. The number of Topliss-reactive ketones (excluding diaryl/α,β-unsaturated/α-hetero) is 1. The number of nitrogens with one attached hydrogen (secondary N) is 1. The first-order chi connectivity index (χ1) is 9.81. The van der Waals surface area contributed by atoms with Gasteiger partial charge in [0.25, 0.3) is 0 Å². The Labute approximate surface area is 124 Å². The molecule has 0 saturated carbocycles. The van der Waals surface area contributed by atoms with E-state index in [1.165, 1.54) is 13.3 Å². The van der Waals surface area contributed by atoms with Crippen molar-refractivity contribution >= 4 is 11.9 Å². The molecule has 1 N–H and O–H groups in total. The standard InChI is InChI=1S/C15H22N2O4/c1-15(2,3)21-14(19)16-9-5-6-12(18)11-7-8-13(20-4)17-10-11/h7-8,10H,5-6,9H2,1-4H3,(H,16,19). The number of alkyl carbamates (subject to hydrolysis) is 1. The third-order valence-electron chi connectivity index (χ3n) is 2.52. The van der Waals surface area contributed by atoms with E-state index in [9.17, 15) is 9.59 Å². The van der Waals surface area contributed by atoms with Gasteiger partial charge >= 0.3 is 6.09 Å².